The van der Waals surface area contributed by atoms with Crippen molar-refractivity contribution in [2.45, 2.75) is 13.2 Å². The predicted molar refractivity (Wildman–Crippen MR) is 92.6 cm³/mol. The van der Waals surface area contributed by atoms with Crippen LogP contribution in [0.25, 0.3) is 11.1 Å². The molecule has 2 aromatic carbocycles. The fraction of sp³-hybridized carbons (Fsp3) is 0.105. The first-order valence-corrected chi connectivity index (χ1v) is 7.68. The number of hydrogen-bond acceptors (Lipinski definition) is 2. The maximum Gasteiger partial charge on any atom is 0.250 e. The smallest absolute Gasteiger partial charge is 0.250 e. The lowest BCUT2D eigenvalue weighted by Crippen LogP contribution is -2.19. The van der Waals surface area contributed by atoms with E-state index in [1.54, 1.807) is 10.6 Å². The standard InChI is InChI=1S/C19H16ClNO2/c20-18-8-3-14(4-9-18)11-21-12-17(7-10-19(21)23)16-5-1-15(13-22)2-6-16/h1-10,12,22H,11,13H2. The second-order valence-corrected chi connectivity index (χ2v) is 5.80. The summed E-state index contributed by atoms with van der Waals surface area (Å²) in [5.74, 6) is 0. The van der Waals surface area contributed by atoms with Gasteiger partial charge in [0.25, 0.3) is 5.56 Å². The summed E-state index contributed by atoms with van der Waals surface area (Å²) in [4.78, 5) is 12.1. The van der Waals surface area contributed by atoms with Gasteiger partial charge in [0.1, 0.15) is 0 Å². The number of aliphatic hydroxyl groups is 1. The monoisotopic (exact) mass is 325 g/mol. The molecule has 3 aromatic rings. The van der Waals surface area contributed by atoms with Crippen molar-refractivity contribution in [3.8, 4) is 11.1 Å². The second-order valence-electron chi connectivity index (χ2n) is 5.37. The Labute approximate surface area is 139 Å². The highest BCUT2D eigenvalue weighted by Crippen LogP contribution is 2.19. The normalized spacial score (nSPS) is 10.7. The molecule has 0 spiro atoms. The van der Waals surface area contributed by atoms with Gasteiger partial charge < -0.3 is 9.67 Å². The van der Waals surface area contributed by atoms with Gasteiger partial charge in [-0.3, -0.25) is 4.79 Å². The molecular formula is C19H16ClNO2. The minimum Gasteiger partial charge on any atom is -0.392 e. The highest BCUT2D eigenvalue weighted by Gasteiger charge is 2.03. The van der Waals surface area contributed by atoms with Crippen molar-refractivity contribution in [2.75, 3.05) is 0 Å². The zero-order chi connectivity index (χ0) is 16.2. The molecule has 0 atom stereocenters. The molecule has 0 bridgehead atoms. The lowest BCUT2D eigenvalue weighted by Gasteiger charge is -2.09. The number of aliphatic hydroxyl groups excluding tert-OH is 1. The number of aromatic nitrogens is 1. The lowest BCUT2D eigenvalue weighted by atomic mass is 10.1. The highest BCUT2D eigenvalue weighted by molar-refractivity contribution is 6.30. The van der Waals surface area contributed by atoms with Gasteiger partial charge in [0.2, 0.25) is 0 Å². The molecule has 1 aromatic heterocycles. The molecular weight excluding hydrogens is 310 g/mol. The molecule has 0 aliphatic carbocycles. The van der Waals surface area contributed by atoms with E-state index < -0.39 is 0 Å². The lowest BCUT2D eigenvalue weighted by molar-refractivity contribution is 0.282. The van der Waals surface area contributed by atoms with Gasteiger partial charge in [-0.25, -0.2) is 0 Å². The van der Waals surface area contributed by atoms with Crippen LogP contribution in [-0.4, -0.2) is 9.67 Å². The molecule has 0 radical (unpaired) electrons. The van der Waals surface area contributed by atoms with Crippen molar-refractivity contribution >= 4 is 11.6 Å². The Balaban J connectivity index is 1.91. The molecule has 3 rings (SSSR count). The van der Waals surface area contributed by atoms with Gasteiger partial charge in [-0.2, -0.15) is 0 Å². The van der Waals surface area contributed by atoms with Gasteiger partial charge >= 0.3 is 0 Å². The summed E-state index contributed by atoms with van der Waals surface area (Å²) in [6, 6.07) is 18.5. The van der Waals surface area contributed by atoms with Crippen LogP contribution in [0.5, 0.6) is 0 Å². The highest BCUT2D eigenvalue weighted by atomic mass is 35.5. The van der Waals surface area contributed by atoms with Gasteiger partial charge in [-0.1, -0.05) is 48.0 Å². The maximum absolute atomic E-state index is 12.1. The minimum atomic E-state index is -0.0457. The molecule has 0 aliphatic rings. The Morgan fingerprint density at radius 1 is 0.826 bits per heavy atom. The Hall–Kier alpha value is -2.36. The minimum absolute atomic E-state index is 0.0242. The molecule has 0 saturated heterocycles. The molecule has 3 nitrogen and oxygen atoms in total. The molecule has 0 aliphatic heterocycles. The van der Waals surface area contributed by atoms with Crippen molar-refractivity contribution in [1.82, 2.24) is 4.57 Å². The SMILES string of the molecule is O=c1ccc(-c2ccc(CO)cc2)cn1Cc1ccc(Cl)cc1. The number of hydrogen-bond donors (Lipinski definition) is 1. The van der Waals surface area contributed by atoms with Crippen LogP contribution in [0.2, 0.25) is 5.02 Å². The van der Waals surface area contributed by atoms with Crippen LogP contribution in [0.15, 0.2) is 71.7 Å². The summed E-state index contributed by atoms with van der Waals surface area (Å²) < 4.78 is 1.68. The molecule has 1 N–H and O–H groups in total. The van der Waals surface area contributed by atoms with Crippen molar-refractivity contribution in [3.63, 3.8) is 0 Å². The zero-order valence-electron chi connectivity index (χ0n) is 12.4. The van der Waals surface area contributed by atoms with E-state index in [-0.39, 0.29) is 12.2 Å². The van der Waals surface area contributed by atoms with Crippen molar-refractivity contribution in [3.05, 3.63) is 93.4 Å². The molecule has 1 heterocycles. The first-order chi connectivity index (χ1) is 11.2. The van der Waals surface area contributed by atoms with Gasteiger partial charge in [0, 0.05) is 17.3 Å². The number of pyridine rings is 1. The molecule has 0 unspecified atom stereocenters. The molecule has 23 heavy (non-hydrogen) atoms. The van der Waals surface area contributed by atoms with E-state index in [1.165, 1.54) is 0 Å². The van der Waals surface area contributed by atoms with Gasteiger partial charge in [0.15, 0.2) is 0 Å². The van der Waals surface area contributed by atoms with E-state index in [0.29, 0.717) is 11.6 Å². The largest absolute Gasteiger partial charge is 0.392 e. The van der Waals surface area contributed by atoms with Crippen LogP contribution >= 0.6 is 11.6 Å². The maximum atomic E-state index is 12.1. The quantitative estimate of drug-likeness (QED) is 0.794. The number of rotatable bonds is 4. The Morgan fingerprint density at radius 2 is 1.43 bits per heavy atom. The number of nitrogens with zero attached hydrogens (tertiary/aromatic N) is 1. The van der Waals surface area contributed by atoms with Crippen LogP contribution in [0.4, 0.5) is 0 Å². The topological polar surface area (TPSA) is 42.2 Å². The Kier molecular flexibility index (Phi) is 4.60. The third-order valence-corrected chi connectivity index (χ3v) is 3.97. The van der Waals surface area contributed by atoms with E-state index in [9.17, 15) is 4.79 Å². The third kappa shape index (κ3) is 3.70. The summed E-state index contributed by atoms with van der Waals surface area (Å²) in [5, 5.41) is 9.79. The number of halogens is 1. The fourth-order valence-electron chi connectivity index (χ4n) is 2.41. The van der Waals surface area contributed by atoms with E-state index in [4.69, 9.17) is 16.7 Å². The second kappa shape index (κ2) is 6.82. The molecule has 4 heteroatoms. The molecule has 0 saturated carbocycles. The Bertz CT molecular complexity index is 852. The summed E-state index contributed by atoms with van der Waals surface area (Å²) in [7, 11) is 0. The van der Waals surface area contributed by atoms with E-state index in [2.05, 4.69) is 0 Å². The van der Waals surface area contributed by atoms with E-state index in [1.807, 2.05) is 60.8 Å². The van der Waals surface area contributed by atoms with Gasteiger partial charge in [-0.05, 0) is 40.5 Å². The third-order valence-electron chi connectivity index (χ3n) is 3.72. The number of benzene rings is 2. The average Bonchev–Trinajstić information content (AvgIpc) is 2.59. The first-order valence-electron chi connectivity index (χ1n) is 7.31. The van der Waals surface area contributed by atoms with Gasteiger partial charge in [-0.15, -0.1) is 0 Å². The predicted octanol–water partition coefficient (Wildman–Crippen LogP) is 3.71. The van der Waals surface area contributed by atoms with Crippen LogP contribution in [0, 0.1) is 0 Å². The summed E-state index contributed by atoms with van der Waals surface area (Å²) in [5.41, 5.74) is 3.80. The van der Waals surface area contributed by atoms with Crippen molar-refractivity contribution in [2.24, 2.45) is 0 Å². The zero-order valence-corrected chi connectivity index (χ0v) is 13.2. The van der Waals surface area contributed by atoms with Crippen molar-refractivity contribution in [1.29, 1.82) is 0 Å². The summed E-state index contributed by atoms with van der Waals surface area (Å²) in [6.07, 6.45) is 1.85. The van der Waals surface area contributed by atoms with Crippen LogP contribution in [-0.2, 0) is 13.2 Å². The molecule has 116 valence electrons. The summed E-state index contributed by atoms with van der Waals surface area (Å²) in [6.45, 7) is 0.523. The fourth-order valence-corrected chi connectivity index (χ4v) is 2.54. The van der Waals surface area contributed by atoms with Gasteiger partial charge in [0.05, 0.1) is 13.2 Å². The van der Waals surface area contributed by atoms with E-state index >= 15 is 0 Å². The first kappa shape index (κ1) is 15.5. The average molecular weight is 326 g/mol. The van der Waals surface area contributed by atoms with Crippen LogP contribution < -0.4 is 5.56 Å². The Morgan fingerprint density at radius 3 is 2.09 bits per heavy atom. The van der Waals surface area contributed by atoms with Crippen LogP contribution in [0.1, 0.15) is 11.1 Å². The molecule has 0 fully saturated rings. The summed E-state index contributed by atoms with van der Waals surface area (Å²) >= 11 is 5.89. The van der Waals surface area contributed by atoms with Crippen LogP contribution in [0.3, 0.4) is 0 Å². The van der Waals surface area contributed by atoms with E-state index in [0.717, 1.165) is 22.3 Å². The molecule has 0 amide bonds. The van der Waals surface area contributed by atoms with Crippen molar-refractivity contribution < 1.29 is 5.11 Å².